The van der Waals surface area contributed by atoms with Gasteiger partial charge in [-0.25, -0.2) is 0 Å². The van der Waals surface area contributed by atoms with Gasteiger partial charge in [0.25, 0.3) is 5.91 Å². The molecule has 5 rings (SSSR count). The van der Waals surface area contributed by atoms with Crippen LogP contribution in [0.2, 0.25) is 0 Å². The lowest BCUT2D eigenvalue weighted by Crippen LogP contribution is -2.41. The van der Waals surface area contributed by atoms with Crippen molar-refractivity contribution in [2.75, 3.05) is 37.0 Å². The highest BCUT2D eigenvalue weighted by Crippen LogP contribution is 2.37. The molecule has 3 fully saturated rings. The first-order chi connectivity index (χ1) is 17.8. The molecule has 0 bridgehead atoms. The van der Waals surface area contributed by atoms with E-state index < -0.39 is 0 Å². The van der Waals surface area contributed by atoms with Crippen LogP contribution in [0.4, 0.5) is 11.4 Å². The van der Waals surface area contributed by atoms with Gasteiger partial charge in [-0.1, -0.05) is 12.1 Å². The van der Waals surface area contributed by atoms with E-state index in [0.29, 0.717) is 30.4 Å². The van der Waals surface area contributed by atoms with E-state index in [2.05, 4.69) is 48.0 Å². The van der Waals surface area contributed by atoms with E-state index in [4.69, 9.17) is 9.47 Å². The Morgan fingerprint density at radius 3 is 2.43 bits per heavy atom. The molecule has 2 aliphatic heterocycles. The zero-order valence-electron chi connectivity index (χ0n) is 22.9. The van der Waals surface area contributed by atoms with Gasteiger partial charge in [-0.3, -0.25) is 9.69 Å². The van der Waals surface area contributed by atoms with E-state index in [1.54, 1.807) is 0 Å². The number of ether oxygens (including phenoxy) is 2. The van der Waals surface area contributed by atoms with Crippen LogP contribution in [0.5, 0.6) is 0 Å². The first-order valence-corrected chi connectivity index (χ1v) is 14.0. The Morgan fingerprint density at radius 1 is 1.05 bits per heavy atom. The van der Waals surface area contributed by atoms with E-state index in [1.165, 1.54) is 37.9 Å². The zero-order valence-corrected chi connectivity index (χ0v) is 22.9. The molecular weight excluding hydrogens is 462 g/mol. The Hall–Kier alpha value is -2.41. The average molecular weight is 506 g/mol. The number of fused-ring (bicyclic) bond motifs is 1. The second-order valence-corrected chi connectivity index (χ2v) is 11.8. The van der Waals surface area contributed by atoms with Crippen LogP contribution in [-0.4, -0.2) is 61.3 Å². The van der Waals surface area contributed by atoms with E-state index in [-0.39, 0.29) is 11.5 Å². The molecule has 1 unspecified atom stereocenters. The minimum Gasteiger partial charge on any atom is -0.379 e. The molecule has 2 saturated heterocycles. The van der Waals surface area contributed by atoms with Gasteiger partial charge >= 0.3 is 0 Å². The molecule has 6 heteroatoms. The summed E-state index contributed by atoms with van der Waals surface area (Å²) in [7, 11) is 1.81. The number of benzene rings is 2. The van der Waals surface area contributed by atoms with Crippen molar-refractivity contribution >= 4 is 17.3 Å². The van der Waals surface area contributed by atoms with Crippen LogP contribution in [0.15, 0.2) is 48.5 Å². The largest absolute Gasteiger partial charge is 0.379 e. The summed E-state index contributed by atoms with van der Waals surface area (Å²) in [6.45, 7) is 10.7. The van der Waals surface area contributed by atoms with Crippen molar-refractivity contribution in [3.8, 4) is 0 Å². The number of methoxy groups -OCH3 is 1. The summed E-state index contributed by atoms with van der Waals surface area (Å²) in [5, 5.41) is 3.05. The molecule has 1 amide bonds. The number of rotatable bonds is 10. The number of amides is 1. The Labute approximate surface area is 222 Å². The van der Waals surface area contributed by atoms with Crippen LogP contribution in [0.3, 0.4) is 0 Å². The van der Waals surface area contributed by atoms with Crippen LogP contribution in [0, 0.1) is 5.92 Å². The van der Waals surface area contributed by atoms with Crippen molar-refractivity contribution in [3.63, 3.8) is 0 Å². The second-order valence-electron chi connectivity index (χ2n) is 11.8. The summed E-state index contributed by atoms with van der Waals surface area (Å²) in [5.41, 5.74) is 3.75. The number of hydrogen-bond donors (Lipinski definition) is 1. The first kappa shape index (κ1) is 26.2. The molecule has 0 aromatic heterocycles. The van der Waals surface area contributed by atoms with Crippen molar-refractivity contribution in [3.05, 3.63) is 59.7 Å². The summed E-state index contributed by atoms with van der Waals surface area (Å²) < 4.78 is 11.5. The van der Waals surface area contributed by atoms with Gasteiger partial charge in [-0.05, 0) is 101 Å². The Bertz CT molecular complexity index is 1050. The number of carbonyl (C=O) groups excluding carboxylic acids is 1. The number of nitrogens with zero attached hydrogens (tertiary/aromatic N) is 2. The van der Waals surface area contributed by atoms with Gasteiger partial charge < -0.3 is 19.7 Å². The molecule has 2 aromatic rings. The zero-order chi connectivity index (χ0) is 26.0. The second kappa shape index (κ2) is 11.1. The SMILES string of the molecule is COC(C)(C)CC(C)N1C[C@H]2CCN(c3ccc(NC(=O)c4ccc(COC5CCC5)cc4)cc3)[C@H]2C1. The standard InChI is InChI=1S/C31H43N3O3/c1-22(18-31(2,3)36-4)33-19-25-16-17-34(29(25)20-33)27-14-12-26(13-15-27)32-30(35)24-10-8-23(9-11-24)21-37-28-6-5-7-28/h8-15,22,25,28-29H,5-7,16-21H2,1-4H3,(H,32,35)/t22?,25-,29+/m1/s1. The van der Waals surface area contributed by atoms with E-state index in [1.807, 2.05) is 43.5 Å². The van der Waals surface area contributed by atoms with Crippen LogP contribution in [0.1, 0.15) is 68.8 Å². The molecule has 1 N–H and O–H groups in total. The Balaban J connectivity index is 1.14. The molecule has 1 aliphatic carbocycles. The molecule has 6 nitrogen and oxygen atoms in total. The number of nitrogens with one attached hydrogen (secondary N) is 1. The maximum absolute atomic E-state index is 12.8. The number of hydrogen-bond acceptors (Lipinski definition) is 5. The highest BCUT2D eigenvalue weighted by atomic mass is 16.5. The summed E-state index contributed by atoms with van der Waals surface area (Å²) in [6, 6.07) is 17.2. The predicted molar refractivity (Wildman–Crippen MR) is 149 cm³/mol. The van der Waals surface area contributed by atoms with Crippen molar-refractivity contribution in [1.82, 2.24) is 4.90 Å². The highest BCUT2D eigenvalue weighted by Gasteiger charge is 2.43. The third kappa shape index (κ3) is 6.19. The maximum atomic E-state index is 12.8. The van der Waals surface area contributed by atoms with Gasteiger partial charge in [0, 0.05) is 55.8 Å². The smallest absolute Gasteiger partial charge is 0.255 e. The van der Waals surface area contributed by atoms with E-state index in [9.17, 15) is 4.79 Å². The molecule has 2 aromatic carbocycles. The van der Waals surface area contributed by atoms with Gasteiger partial charge in [-0.2, -0.15) is 0 Å². The van der Waals surface area contributed by atoms with Crippen LogP contribution in [-0.2, 0) is 16.1 Å². The monoisotopic (exact) mass is 505 g/mol. The third-order valence-corrected chi connectivity index (χ3v) is 8.75. The minimum absolute atomic E-state index is 0.0835. The number of anilines is 2. The van der Waals surface area contributed by atoms with E-state index >= 15 is 0 Å². The van der Waals surface area contributed by atoms with Crippen molar-refractivity contribution in [2.45, 2.75) is 83.3 Å². The molecule has 2 heterocycles. The maximum Gasteiger partial charge on any atom is 0.255 e. The molecule has 200 valence electrons. The summed E-state index contributed by atoms with van der Waals surface area (Å²) >= 11 is 0. The van der Waals surface area contributed by atoms with Crippen LogP contribution < -0.4 is 10.2 Å². The van der Waals surface area contributed by atoms with Crippen molar-refractivity contribution in [1.29, 1.82) is 0 Å². The normalized spacial score (nSPS) is 23.1. The van der Waals surface area contributed by atoms with Gasteiger partial charge in [0.05, 0.1) is 18.3 Å². The summed E-state index contributed by atoms with van der Waals surface area (Å²) in [4.78, 5) is 18.0. The van der Waals surface area contributed by atoms with E-state index in [0.717, 1.165) is 36.7 Å². The molecule has 1 saturated carbocycles. The lowest BCUT2D eigenvalue weighted by molar-refractivity contribution is -0.00867. The van der Waals surface area contributed by atoms with Crippen LogP contribution >= 0.6 is 0 Å². The van der Waals surface area contributed by atoms with Crippen LogP contribution in [0.25, 0.3) is 0 Å². The number of likely N-dealkylation sites (tertiary alicyclic amines) is 1. The fourth-order valence-corrected chi connectivity index (χ4v) is 6.04. The molecule has 0 spiro atoms. The average Bonchev–Trinajstić information content (AvgIpc) is 3.45. The van der Waals surface area contributed by atoms with Gasteiger partial charge in [-0.15, -0.1) is 0 Å². The molecular formula is C31H43N3O3. The van der Waals surface area contributed by atoms with Crippen molar-refractivity contribution < 1.29 is 14.3 Å². The lowest BCUT2D eigenvalue weighted by atomic mass is 9.96. The Kier molecular flexibility index (Phi) is 7.89. The summed E-state index contributed by atoms with van der Waals surface area (Å²) in [6.07, 6.45) is 6.31. The Morgan fingerprint density at radius 2 is 1.78 bits per heavy atom. The van der Waals surface area contributed by atoms with Gasteiger partial charge in [0.1, 0.15) is 0 Å². The fourth-order valence-electron chi connectivity index (χ4n) is 6.04. The lowest BCUT2D eigenvalue weighted by Gasteiger charge is -2.33. The topological polar surface area (TPSA) is 54.0 Å². The molecule has 37 heavy (non-hydrogen) atoms. The molecule has 0 radical (unpaired) electrons. The molecule has 3 atom stereocenters. The fraction of sp³-hybridized carbons (Fsp3) is 0.581. The quantitative estimate of drug-likeness (QED) is 0.447. The predicted octanol–water partition coefficient (Wildman–Crippen LogP) is 5.72. The van der Waals surface area contributed by atoms with Gasteiger partial charge in [0.15, 0.2) is 0 Å². The van der Waals surface area contributed by atoms with Gasteiger partial charge in [0.2, 0.25) is 0 Å². The molecule has 3 aliphatic rings. The minimum atomic E-state index is -0.0942. The number of carbonyl (C=O) groups is 1. The third-order valence-electron chi connectivity index (χ3n) is 8.75. The summed E-state index contributed by atoms with van der Waals surface area (Å²) in [5.74, 6) is 0.634. The van der Waals surface area contributed by atoms with Crippen molar-refractivity contribution in [2.24, 2.45) is 5.92 Å². The first-order valence-electron chi connectivity index (χ1n) is 14.0. The highest BCUT2D eigenvalue weighted by molar-refractivity contribution is 6.04.